The highest BCUT2D eigenvalue weighted by Gasteiger charge is 2.17. The van der Waals surface area contributed by atoms with Crippen LogP contribution in [-0.2, 0) is 0 Å². The zero-order valence-electron chi connectivity index (χ0n) is 13.1. The Morgan fingerprint density at radius 3 is 2.30 bits per heavy atom. The monoisotopic (exact) mass is 312 g/mol. The molecule has 0 unspecified atom stereocenters. The molecule has 0 saturated heterocycles. The summed E-state index contributed by atoms with van der Waals surface area (Å²) in [7, 11) is 4.61. The summed E-state index contributed by atoms with van der Waals surface area (Å²) in [4.78, 5) is 12.9. The summed E-state index contributed by atoms with van der Waals surface area (Å²) in [6.45, 7) is 0. The van der Waals surface area contributed by atoms with Crippen molar-refractivity contribution >= 4 is 11.0 Å². The van der Waals surface area contributed by atoms with Crippen LogP contribution in [0.1, 0.15) is 0 Å². The molecule has 0 atom stereocenters. The molecule has 1 heterocycles. The number of hydrogen-bond donors (Lipinski definition) is 0. The molecular weight excluding hydrogens is 296 g/mol. The van der Waals surface area contributed by atoms with Crippen molar-refractivity contribution in [3.63, 3.8) is 0 Å². The van der Waals surface area contributed by atoms with E-state index in [1.165, 1.54) is 13.4 Å². The summed E-state index contributed by atoms with van der Waals surface area (Å²) >= 11 is 0. The minimum atomic E-state index is -0.185. The number of fused-ring (bicyclic) bond motifs is 1. The standard InChI is InChI=1S/C18H16O5/c1-20-11-8-15(22-3)17-16(9-11)23-10-13(18(17)19)12-6-4-5-7-14(12)21-2/h4-10H,1-3H3. The van der Waals surface area contributed by atoms with E-state index >= 15 is 0 Å². The Balaban J connectivity index is 2.33. The van der Waals surface area contributed by atoms with E-state index in [0.717, 1.165) is 0 Å². The lowest BCUT2D eigenvalue weighted by Gasteiger charge is -2.10. The molecular formula is C18H16O5. The Bertz CT molecular complexity index is 911. The molecule has 0 saturated carbocycles. The molecule has 0 N–H and O–H groups in total. The molecule has 1 aromatic heterocycles. The van der Waals surface area contributed by atoms with Crippen LogP contribution in [-0.4, -0.2) is 21.3 Å². The lowest BCUT2D eigenvalue weighted by atomic mass is 10.0. The number of methoxy groups -OCH3 is 3. The summed E-state index contributed by atoms with van der Waals surface area (Å²) < 4.78 is 21.5. The van der Waals surface area contributed by atoms with Crippen LogP contribution in [0.25, 0.3) is 22.1 Å². The summed E-state index contributed by atoms with van der Waals surface area (Å²) in [5, 5.41) is 0.372. The molecule has 5 nitrogen and oxygen atoms in total. The zero-order valence-corrected chi connectivity index (χ0v) is 13.1. The van der Waals surface area contributed by atoms with Gasteiger partial charge >= 0.3 is 0 Å². The van der Waals surface area contributed by atoms with Crippen molar-refractivity contribution in [1.82, 2.24) is 0 Å². The van der Waals surface area contributed by atoms with Gasteiger partial charge in [0.05, 0.1) is 26.9 Å². The molecule has 0 spiro atoms. The van der Waals surface area contributed by atoms with E-state index in [2.05, 4.69) is 0 Å². The van der Waals surface area contributed by atoms with E-state index in [4.69, 9.17) is 18.6 Å². The number of rotatable bonds is 4. The Kier molecular flexibility index (Phi) is 3.93. The van der Waals surface area contributed by atoms with Crippen molar-refractivity contribution in [2.75, 3.05) is 21.3 Å². The maximum Gasteiger partial charge on any atom is 0.204 e. The Morgan fingerprint density at radius 2 is 1.61 bits per heavy atom. The topological polar surface area (TPSA) is 57.9 Å². The number of benzene rings is 2. The molecule has 0 aliphatic carbocycles. The molecule has 0 aliphatic heterocycles. The van der Waals surface area contributed by atoms with Gasteiger partial charge in [-0.1, -0.05) is 18.2 Å². The minimum Gasteiger partial charge on any atom is -0.496 e. The second-order valence-corrected chi connectivity index (χ2v) is 4.88. The van der Waals surface area contributed by atoms with E-state index in [9.17, 15) is 4.79 Å². The minimum absolute atomic E-state index is 0.185. The van der Waals surface area contributed by atoms with Crippen molar-refractivity contribution in [1.29, 1.82) is 0 Å². The van der Waals surface area contributed by atoms with Crippen LogP contribution in [0.5, 0.6) is 17.2 Å². The number of hydrogen-bond acceptors (Lipinski definition) is 5. The van der Waals surface area contributed by atoms with Crippen molar-refractivity contribution in [3.8, 4) is 28.4 Å². The average molecular weight is 312 g/mol. The molecule has 0 fully saturated rings. The molecule has 0 amide bonds. The van der Waals surface area contributed by atoms with Crippen LogP contribution in [0.4, 0.5) is 0 Å². The summed E-state index contributed by atoms with van der Waals surface area (Å²) in [6, 6.07) is 10.6. The maximum absolute atomic E-state index is 12.9. The van der Waals surface area contributed by atoms with Gasteiger partial charge in [-0.25, -0.2) is 0 Å². The van der Waals surface area contributed by atoms with Gasteiger partial charge in [0.15, 0.2) is 0 Å². The first-order valence-electron chi connectivity index (χ1n) is 7.00. The molecule has 118 valence electrons. The third-order valence-corrected chi connectivity index (χ3v) is 3.67. The highest BCUT2D eigenvalue weighted by atomic mass is 16.5. The second kappa shape index (κ2) is 6.04. The van der Waals surface area contributed by atoms with Crippen molar-refractivity contribution in [2.45, 2.75) is 0 Å². The SMILES string of the molecule is COc1cc(OC)c2c(=O)c(-c3ccccc3OC)coc2c1. The van der Waals surface area contributed by atoms with Gasteiger partial charge in [0.25, 0.3) is 0 Å². The van der Waals surface area contributed by atoms with Gasteiger partial charge in [0.2, 0.25) is 5.43 Å². The van der Waals surface area contributed by atoms with Crippen LogP contribution in [0, 0.1) is 0 Å². The van der Waals surface area contributed by atoms with Crippen LogP contribution < -0.4 is 19.6 Å². The van der Waals surface area contributed by atoms with Crippen LogP contribution in [0.3, 0.4) is 0 Å². The first-order chi connectivity index (χ1) is 11.2. The zero-order chi connectivity index (χ0) is 16.4. The molecule has 3 rings (SSSR count). The number of para-hydroxylation sites is 1. The van der Waals surface area contributed by atoms with E-state index in [1.54, 1.807) is 32.4 Å². The molecule has 3 aromatic rings. The smallest absolute Gasteiger partial charge is 0.204 e. The van der Waals surface area contributed by atoms with E-state index in [1.807, 2.05) is 18.2 Å². The third-order valence-electron chi connectivity index (χ3n) is 3.67. The van der Waals surface area contributed by atoms with Crippen molar-refractivity contribution < 1.29 is 18.6 Å². The molecule has 5 heteroatoms. The Labute approximate surface area is 133 Å². The summed E-state index contributed by atoms with van der Waals surface area (Å²) in [5.74, 6) is 1.57. The van der Waals surface area contributed by atoms with E-state index < -0.39 is 0 Å². The molecule has 0 radical (unpaired) electrons. The first kappa shape index (κ1) is 15.0. The van der Waals surface area contributed by atoms with Crippen molar-refractivity contribution in [3.05, 3.63) is 52.9 Å². The Hall–Kier alpha value is -2.95. The summed E-state index contributed by atoms with van der Waals surface area (Å²) in [5.41, 5.74) is 1.31. The lowest BCUT2D eigenvalue weighted by molar-refractivity contribution is 0.396. The fraction of sp³-hybridized carbons (Fsp3) is 0.167. The van der Waals surface area contributed by atoms with E-state index in [0.29, 0.717) is 39.3 Å². The van der Waals surface area contributed by atoms with Gasteiger partial charge in [-0.05, 0) is 6.07 Å². The highest BCUT2D eigenvalue weighted by Crippen LogP contribution is 2.33. The fourth-order valence-electron chi connectivity index (χ4n) is 2.52. The summed E-state index contributed by atoms with van der Waals surface area (Å²) in [6.07, 6.45) is 1.43. The normalized spacial score (nSPS) is 10.6. The highest BCUT2D eigenvalue weighted by molar-refractivity contribution is 5.89. The molecule has 23 heavy (non-hydrogen) atoms. The predicted octanol–water partition coefficient (Wildman–Crippen LogP) is 3.49. The number of ether oxygens (including phenoxy) is 3. The quantitative estimate of drug-likeness (QED) is 0.738. The van der Waals surface area contributed by atoms with Gasteiger partial charge in [-0.15, -0.1) is 0 Å². The lowest BCUT2D eigenvalue weighted by Crippen LogP contribution is -2.07. The predicted molar refractivity (Wildman–Crippen MR) is 87.6 cm³/mol. The van der Waals surface area contributed by atoms with Crippen molar-refractivity contribution in [2.24, 2.45) is 0 Å². The van der Waals surface area contributed by atoms with Crippen LogP contribution in [0.15, 0.2) is 51.9 Å². The molecule has 0 bridgehead atoms. The average Bonchev–Trinajstić information content (AvgIpc) is 2.61. The van der Waals surface area contributed by atoms with Gasteiger partial charge < -0.3 is 18.6 Å². The fourth-order valence-corrected chi connectivity index (χ4v) is 2.52. The maximum atomic E-state index is 12.9. The van der Waals surface area contributed by atoms with Gasteiger partial charge in [-0.2, -0.15) is 0 Å². The Morgan fingerprint density at radius 1 is 0.870 bits per heavy atom. The van der Waals surface area contributed by atoms with E-state index in [-0.39, 0.29) is 5.43 Å². The van der Waals surface area contributed by atoms with Gasteiger partial charge in [0, 0.05) is 17.7 Å². The molecule has 0 aliphatic rings. The second-order valence-electron chi connectivity index (χ2n) is 4.88. The third kappa shape index (κ3) is 2.50. The van der Waals surface area contributed by atoms with Crippen LogP contribution in [0.2, 0.25) is 0 Å². The van der Waals surface area contributed by atoms with Gasteiger partial charge in [0.1, 0.15) is 34.5 Å². The van der Waals surface area contributed by atoms with Gasteiger partial charge in [-0.3, -0.25) is 4.79 Å². The molecule has 2 aromatic carbocycles. The largest absolute Gasteiger partial charge is 0.496 e. The first-order valence-corrected chi connectivity index (χ1v) is 7.00. The van der Waals surface area contributed by atoms with Crippen LogP contribution >= 0.6 is 0 Å².